The highest BCUT2D eigenvalue weighted by Crippen LogP contribution is 2.08. The molecule has 0 bridgehead atoms. The fourth-order valence-corrected chi connectivity index (χ4v) is 1.86. The largest absolute Gasteiger partial charge is 0.481 e. The Hall–Kier alpha value is -1.47. The molecule has 2 rings (SSSR count). The topological polar surface area (TPSA) is 82.7 Å². The van der Waals surface area contributed by atoms with E-state index in [1.165, 1.54) is 0 Å². The van der Waals surface area contributed by atoms with Crippen molar-refractivity contribution >= 4 is 5.97 Å². The molecule has 100 valence electrons. The van der Waals surface area contributed by atoms with Crippen molar-refractivity contribution in [3.05, 3.63) is 11.8 Å². The van der Waals surface area contributed by atoms with Crippen molar-refractivity contribution in [2.75, 3.05) is 33.2 Å². The van der Waals surface area contributed by atoms with Gasteiger partial charge in [0, 0.05) is 32.6 Å². The fourth-order valence-electron chi connectivity index (χ4n) is 1.86. The minimum absolute atomic E-state index is 0.0240. The number of likely N-dealkylation sites (N-methyl/N-ethyl adjacent to an activating group) is 1. The number of aryl methyl sites for hydroxylation is 1. The van der Waals surface area contributed by atoms with E-state index in [2.05, 4.69) is 27.0 Å². The van der Waals surface area contributed by atoms with E-state index in [-0.39, 0.29) is 6.42 Å². The highest BCUT2D eigenvalue weighted by atomic mass is 16.4. The molecule has 1 saturated heterocycles. The monoisotopic (exact) mass is 254 g/mol. The molecular weight excluding hydrogens is 236 g/mol. The van der Waals surface area contributed by atoms with Crippen molar-refractivity contribution in [2.24, 2.45) is 0 Å². The summed E-state index contributed by atoms with van der Waals surface area (Å²) in [5, 5.41) is 16.4. The van der Waals surface area contributed by atoms with Crippen LogP contribution in [-0.2, 0) is 17.8 Å². The third-order valence-electron chi connectivity index (χ3n) is 3.02. The second kappa shape index (κ2) is 5.92. The van der Waals surface area contributed by atoms with Crippen LogP contribution in [-0.4, -0.2) is 64.3 Å². The van der Waals surface area contributed by atoms with E-state index in [9.17, 15) is 4.79 Å². The Morgan fingerprint density at radius 3 is 2.61 bits per heavy atom. The minimum atomic E-state index is -0.853. The van der Waals surface area contributed by atoms with Crippen molar-refractivity contribution in [2.45, 2.75) is 19.4 Å². The van der Waals surface area contributed by atoms with Crippen LogP contribution in [0.25, 0.3) is 0 Å². The molecule has 0 spiro atoms. The van der Waals surface area contributed by atoms with Gasteiger partial charge >= 0.3 is 5.97 Å². The molecule has 7 heteroatoms. The zero-order valence-corrected chi connectivity index (χ0v) is 10.5. The molecular formula is C11H18N4O3. The molecule has 0 aromatic carbocycles. The van der Waals surface area contributed by atoms with Crippen molar-refractivity contribution < 1.29 is 14.3 Å². The molecule has 0 radical (unpaired) electrons. The lowest BCUT2D eigenvalue weighted by Gasteiger charge is -2.31. The van der Waals surface area contributed by atoms with E-state index in [1.807, 2.05) is 0 Å². The number of aliphatic carboxylic acids is 1. The number of piperazine rings is 1. The molecule has 0 atom stereocenters. The smallest absolute Gasteiger partial charge is 0.303 e. The van der Waals surface area contributed by atoms with Crippen molar-refractivity contribution in [1.29, 1.82) is 0 Å². The molecule has 1 aliphatic heterocycles. The van der Waals surface area contributed by atoms with Gasteiger partial charge < -0.3 is 14.4 Å². The minimum Gasteiger partial charge on any atom is -0.481 e. The summed E-state index contributed by atoms with van der Waals surface area (Å²) in [4.78, 5) is 15.0. The van der Waals surface area contributed by atoms with Gasteiger partial charge in [-0.2, -0.15) is 0 Å². The lowest BCUT2D eigenvalue weighted by Crippen LogP contribution is -2.43. The first-order valence-electron chi connectivity index (χ1n) is 6.07. The molecule has 0 amide bonds. The number of nitrogens with zero attached hydrogens (tertiary/aromatic N) is 4. The van der Waals surface area contributed by atoms with Crippen LogP contribution < -0.4 is 0 Å². The number of carboxylic acid groups (broad SMARTS) is 1. The summed E-state index contributed by atoms with van der Waals surface area (Å²) in [6, 6.07) is 0. The summed E-state index contributed by atoms with van der Waals surface area (Å²) in [7, 11) is 2.11. The van der Waals surface area contributed by atoms with Crippen LogP contribution in [0.4, 0.5) is 0 Å². The van der Waals surface area contributed by atoms with Gasteiger partial charge in [0.15, 0.2) is 0 Å². The van der Waals surface area contributed by atoms with Gasteiger partial charge in [0.2, 0.25) is 11.8 Å². The third-order valence-corrected chi connectivity index (χ3v) is 3.02. The third kappa shape index (κ3) is 3.78. The molecule has 1 aromatic heterocycles. The van der Waals surface area contributed by atoms with E-state index in [4.69, 9.17) is 9.52 Å². The second-order valence-corrected chi connectivity index (χ2v) is 4.56. The van der Waals surface area contributed by atoms with Crippen molar-refractivity contribution in [1.82, 2.24) is 20.0 Å². The Labute approximate surface area is 105 Å². The fraction of sp³-hybridized carbons (Fsp3) is 0.727. The maximum absolute atomic E-state index is 10.4. The maximum atomic E-state index is 10.4. The Morgan fingerprint density at radius 2 is 1.94 bits per heavy atom. The number of rotatable bonds is 5. The molecule has 1 aliphatic rings. The van der Waals surface area contributed by atoms with E-state index in [0.29, 0.717) is 24.7 Å². The van der Waals surface area contributed by atoms with E-state index in [1.54, 1.807) is 0 Å². The molecule has 1 fully saturated rings. The van der Waals surface area contributed by atoms with Crippen LogP contribution in [0.2, 0.25) is 0 Å². The van der Waals surface area contributed by atoms with Gasteiger partial charge in [-0.25, -0.2) is 0 Å². The Bertz CT molecular complexity index is 399. The number of carboxylic acids is 1. The van der Waals surface area contributed by atoms with Crippen molar-refractivity contribution in [3.8, 4) is 0 Å². The van der Waals surface area contributed by atoms with Crippen LogP contribution in [0.15, 0.2) is 4.42 Å². The van der Waals surface area contributed by atoms with E-state index in [0.717, 1.165) is 26.2 Å². The molecule has 18 heavy (non-hydrogen) atoms. The molecule has 1 N–H and O–H groups in total. The van der Waals surface area contributed by atoms with Gasteiger partial charge in [-0.15, -0.1) is 10.2 Å². The zero-order chi connectivity index (χ0) is 13.0. The second-order valence-electron chi connectivity index (χ2n) is 4.56. The predicted octanol–water partition coefficient (Wildman–Crippen LogP) is -0.166. The predicted molar refractivity (Wildman–Crippen MR) is 63.0 cm³/mol. The zero-order valence-electron chi connectivity index (χ0n) is 10.5. The Balaban J connectivity index is 1.81. The number of hydrogen-bond acceptors (Lipinski definition) is 6. The van der Waals surface area contributed by atoms with Gasteiger partial charge in [0.1, 0.15) is 0 Å². The summed E-state index contributed by atoms with van der Waals surface area (Å²) < 4.78 is 5.42. The van der Waals surface area contributed by atoms with Crippen molar-refractivity contribution in [3.63, 3.8) is 0 Å². The number of hydrogen-bond donors (Lipinski definition) is 1. The van der Waals surface area contributed by atoms with E-state index >= 15 is 0 Å². The highest BCUT2D eigenvalue weighted by Gasteiger charge is 2.16. The quantitative estimate of drug-likeness (QED) is 0.781. The lowest BCUT2D eigenvalue weighted by atomic mass is 10.3. The van der Waals surface area contributed by atoms with Crippen LogP contribution in [0.5, 0.6) is 0 Å². The van der Waals surface area contributed by atoms with Gasteiger partial charge in [-0.05, 0) is 7.05 Å². The molecule has 0 saturated carbocycles. The summed E-state index contributed by atoms with van der Waals surface area (Å²) in [5.74, 6) is 0.121. The maximum Gasteiger partial charge on any atom is 0.303 e. The number of aromatic nitrogens is 2. The summed E-state index contributed by atoms with van der Waals surface area (Å²) in [6.07, 6.45) is 0.321. The molecule has 0 unspecified atom stereocenters. The van der Waals surface area contributed by atoms with Gasteiger partial charge in [-0.3, -0.25) is 9.69 Å². The van der Waals surface area contributed by atoms with Crippen LogP contribution in [0.3, 0.4) is 0 Å². The summed E-state index contributed by atoms with van der Waals surface area (Å²) in [6.45, 7) is 4.71. The summed E-state index contributed by atoms with van der Waals surface area (Å²) in [5.41, 5.74) is 0. The molecule has 7 nitrogen and oxygen atoms in total. The first-order chi connectivity index (χ1) is 8.63. The normalized spacial score (nSPS) is 18.1. The standard InChI is InChI=1S/C11H18N4O3/c1-14-4-6-15(7-5-14)8-10-13-12-9(18-10)2-3-11(16)17/h2-8H2,1H3,(H,16,17). The average Bonchev–Trinajstić information content (AvgIpc) is 2.77. The first-order valence-corrected chi connectivity index (χ1v) is 6.07. The highest BCUT2D eigenvalue weighted by molar-refractivity contribution is 5.66. The van der Waals surface area contributed by atoms with Crippen LogP contribution in [0, 0.1) is 0 Å². The van der Waals surface area contributed by atoms with Gasteiger partial charge in [0.05, 0.1) is 13.0 Å². The molecule has 0 aliphatic carbocycles. The van der Waals surface area contributed by atoms with E-state index < -0.39 is 5.97 Å². The summed E-state index contributed by atoms with van der Waals surface area (Å²) >= 11 is 0. The number of carbonyl (C=O) groups is 1. The van der Waals surface area contributed by atoms with Crippen LogP contribution in [0.1, 0.15) is 18.2 Å². The average molecular weight is 254 g/mol. The first kappa shape index (κ1) is 13.0. The Kier molecular flexibility index (Phi) is 4.27. The molecule has 2 heterocycles. The lowest BCUT2D eigenvalue weighted by molar-refractivity contribution is -0.137. The van der Waals surface area contributed by atoms with Gasteiger partial charge in [-0.1, -0.05) is 0 Å². The molecule has 1 aromatic rings. The SMILES string of the molecule is CN1CCN(Cc2nnc(CCC(=O)O)o2)CC1. The Morgan fingerprint density at radius 1 is 1.28 bits per heavy atom. The van der Waals surface area contributed by atoms with Gasteiger partial charge in [0.25, 0.3) is 0 Å². The van der Waals surface area contributed by atoms with Crippen LogP contribution >= 0.6 is 0 Å².